The van der Waals surface area contributed by atoms with E-state index in [-0.39, 0.29) is 5.82 Å². The Labute approximate surface area is 132 Å². The number of para-hydroxylation sites is 2. The second kappa shape index (κ2) is 5.35. The van der Waals surface area contributed by atoms with Crippen LogP contribution in [0.3, 0.4) is 0 Å². The Morgan fingerprint density at radius 2 is 1.83 bits per heavy atom. The van der Waals surface area contributed by atoms with Crippen molar-refractivity contribution in [3.05, 3.63) is 71.7 Å². The largest absolute Gasteiger partial charge is 0.367 e. The van der Waals surface area contributed by atoms with Crippen molar-refractivity contribution >= 4 is 22.6 Å². The molecule has 0 atom stereocenters. The number of nitrogens with one attached hydrogen (secondary N) is 1. The van der Waals surface area contributed by atoms with Crippen LogP contribution in [0.1, 0.15) is 11.3 Å². The zero-order chi connectivity index (χ0) is 15.8. The van der Waals surface area contributed by atoms with Gasteiger partial charge in [-0.05, 0) is 36.8 Å². The first-order chi connectivity index (χ1) is 11.2. The monoisotopic (exact) mass is 306 g/mol. The molecular formula is C18H15FN4. The molecule has 0 aliphatic rings. The van der Waals surface area contributed by atoms with E-state index in [1.54, 1.807) is 12.1 Å². The van der Waals surface area contributed by atoms with Gasteiger partial charge < -0.3 is 5.32 Å². The van der Waals surface area contributed by atoms with Crippen molar-refractivity contribution in [3.63, 3.8) is 0 Å². The summed E-state index contributed by atoms with van der Waals surface area (Å²) in [6.07, 6.45) is 0. The van der Waals surface area contributed by atoms with E-state index >= 15 is 0 Å². The number of aromatic nitrogens is 3. The number of imidazole rings is 1. The van der Waals surface area contributed by atoms with Crippen molar-refractivity contribution in [2.45, 2.75) is 13.5 Å². The molecule has 0 saturated heterocycles. The van der Waals surface area contributed by atoms with Crippen molar-refractivity contribution in [2.24, 2.45) is 0 Å². The average Bonchev–Trinajstić information content (AvgIpc) is 2.92. The molecule has 2 aromatic carbocycles. The molecule has 0 unspecified atom stereocenters. The lowest BCUT2D eigenvalue weighted by molar-refractivity contribution is 0.627. The second-order valence-corrected chi connectivity index (χ2v) is 5.50. The fraction of sp³-hybridized carbons (Fsp3) is 0.111. The third-order valence-corrected chi connectivity index (χ3v) is 3.79. The number of anilines is 1. The summed E-state index contributed by atoms with van der Waals surface area (Å²) < 4.78 is 15.0. The van der Waals surface area contributed by atoms with Crippen LogP contribution in [0.4, 0.5) is 10.2 Å². The third-order valence-electron chi connectivity index (χ3n) is 3.79. The van der Waals surface area contributed by atoms with Crippen LogP contribution >= 0.6 is 0 Å². The van der Waals surface area contributed by atoms with Gasteiger partial charge in [-0.3, -0.25) is 4.40 Å². The Hall–Kier alpha value is -2.95. The third kappa shape index (κ3) is 2.50. The minimum atomic E-state index is -0.225. The van der Waals surface area contributed by atoms with E-state index in [0.29, 0.717) is 12.3 Å². The predicted octanol–water partition coefficient (Wildman–Crippen LogP) is 3.94. The predicted molar refractivity (Wildman–Crippen MR) is 89.0 cm³/mol. The molecule has 0 radical (unpaired) electrons. The molecule has 4 aromatic rings. The molecule has 4 nitrogen and oxygen atoms in total. The summed E-state index contributed by atoms with van der Waals surface area (Å²) in [6.45, 7) is 2.55. The maximum atomic E-state index is 13.0. The Bertz CT molecular complexity index is 989. The molecule has 0 bridgehead atoms. The minimum Gasteiger partial charge on any atom is -0.367 e. The Morgan fingerprint density at radius 1 is 1.04 bits per heavy atom. The first-order valence-corrected chi connectivity index (χ1v) is 7.44. The quantitative estimate of drug-likeness (QED) is 0.623. The van der Waals surface area contributed by atoms with Gasteiger partial charge in [0.15, 0.2) is 0 Å². The van der Waals surface area contributed by atoms with Gasteiger partial charge in [0.1, 0.15) is 11.6 Å². The van der Waals surface area contributed by atoms with Crippen molar-refractivity contribution in [1.29, 1.82) is 0 Å². The molecule has 4 rings (SSSR count). The molecule has 0 saturated carbocycles. The van der Waals surface area contributed by atoms with Gasteiger partial charge in [0.05, 0.1) is 11.0 Å². The van der Waals surface area contributed by atoms with Crippen LogP contribution < -0.4 is 5.32 Å². The number of fused-ring (bicyclic) bond motifs is 3. The maximum Gasteiger partial charge on any atom is 0.236 e. The molecule has 1 N–H and O–H groups in total. The van der Waals surface area contributed by atoms with Gasteiger partial charge in [-0.2, -0.15) is 0 Å². The molecule has 0 amide bonds. The minimum absolute atomic E-state index is 0.225. The number of benzene rings is 2. The van der Waals surface area contributed by atoms with Gasteiger partial charge in [-0.15, -0.1) is 0 Å². The van der Waals surface area contributed by atoms with E-state index in [9.17, 15) is 4.39 Å². The van der Waals surface area contributed by atoms with E-state index in [1.165, 1.54) is 12.1 Å². The first-order valence-electron chi connectivity index (χ1n) is 7.44. The smallest absolute Gasteiger partial charge is 0.236 e. The van der Waals surface area contributed by atoms with E-state index in [0.717, 1.165) is 28.1 Å². The van der Waals surface area contributed by atoms with Crippen molar-refractivity contribution in [3.8, 4) is 0 Å². The van der Waals surface area contributed by atoms with Crippen molar-refractivity contribution < 1.29 is 4.39 Å². The maximum absolute atomic E-state index is 13.0. The summed E-state index contributed by atoms with van der Waals surface area (Å²) in [4.78, 5) is 9.07. The zero-order valence-electron chi connectivity index (χ0n) is 12.6. The molecule has 2 aromatic heterocycles. The summed E-state index contributed by atoms with van der Waals surface area (Å²) in [5.74, 6) is 1.37. The summed E-state index contributed by atoms with van der Waals surface area (Å²) in [6, 6.07) is 16.4. The lowest BCUT2D eigenvalue weighted by Gasteiger charge is -2.10. The molecule has 0 spiro atoms. The number of nitrogens with zero attached hydrogens (tertiary/aromatic N) is 3. The molecule has 114 valence electrons. The van der Waals surface area contributed by atoms with Gasteiger partial charge in [0.2, 0.25) is 5.78 Å². The van der Waals surface area contributed by atoms with Gasteiger partial charge in [-0.1, -0.05) is 24.3 Å². The van der Waals surface area contributed by atoms with Crippen molar-refractivity contribution in [1.82, 2.24) is 14.4 Å². The summed E-state index contributed by atoms with van der Waals surface area (Å²) in [7, 11) is 0. The number of hydrogen-bond donors (Lipinski definition) is 1. The van der Waals surface area contributed by atoms with Crippen LogP contribution in [0.25, 0.3) is 16.8 Å². The van der Waals surface area contributed by atoms with Crippen molar-refractivity contribution in [2.75, 3.05) is 5.32 Å². The van der Waals surface area contributed by atoms with Gasteiger partial charge in [0.25, 0.3) is 0 Å². The van der Waals surface area contributed by atoms with Gasteiger partial charge in [0, 0.05) is 18.3 Å². The SMILES string of the molecule is Cc1cc(NCc2ccc(F)cc2)n2c(n1)nc1ccccc12. The fourth-order valence-corrected chi connectivity index (χ4v) is 2.70. The highest BCUT2D eigenvalue weighted by Crippen LogP contribution is 2.21. The number of hydrogen-bond acceptors (Lipinski definition) is 3. The van der Waals surface area contributed by atoms with E-state index in [4.69, 9.17) is 0 Å². The molecule has 0 aliphatic carbocycles. The fourth-order valence-electron chi connectivity index (χ4n) is 2.70. The van der Waals surface area contributed by atoms with E-state index in [2.05, 4.69) is 15.3 Å². The Kier molecular flexibility index (Phi) is 3.19. The molecule has 2 heterocycles. The van der Waals surface area contributed by atoms with E-state index in [1.807, 2.05) is 41.7 Å². The normalized spacial score (nSPS) is 11.2. The molecule has 0 fully saturated rings. The highest BCUT2D eigenvalue weighted by Gasteiger charge is 2.10. The first kappa shape index (κ1) is 13.7. The number of aryl methyl sites for hydroxylation is 1. The van der Waals surface area contributed by atoms with E-state index < -0.39 is 0 Å². The Morgan fingerprint density at radius 3 is 2.65 bits per heavy atom. The summed E-state index contributed by atoms with van der Waals surface area (Å²) in [5.41, 5.74) is 3.83. The van der Waals surface area contributed by atoms with Crippen LogP contribution in [0.15, 0.2) is 54.6 Å². The Balaban J connectivity index is 1.77. The van der Waals surface area contributed by atoms with Gasteiger partial charge >= 0.3 is 0 Å². The topological polar surface area (TPSA) is 42.2 Å². The van der Waals surface area contributed by atoms with Crippen LogP contribution in [0.2, 0.25) is 0 Å². The second-order valence-electron chi connectivity index (χ2n) is 5.50. The highest BCUT2D eigenvalue weighted by molar-refractivity contribution is 5.81. The van der Waals surface area contributed by atoms with Crippen LogP contribution in [-0.2, 0) is 6.54 Å². The lowest BCUT2D eigenvalue weighted by Crippen LogP contribution is -2.06. The number of rotatable bonds is 3. The van der Waals surface area contributed by atoms with Crippen LogP contribution in [-0.4, -0.2) is 14.4 Å². The summed E-state index contributed by atoms with van der Waals surface area (Å²) in [5, 5.41) is 3.40. The zero-order valence-corrected chi connectivity index (χ0v) is 12.6. The number of halogens is 1. The average molecular weight is 306 g/mol. The highest BCUT2D eigenvalue weighted by atomic mass is 19.1. The van der Waals surface area contributed by atoms with Gasteiger partial charge in [-0.25, -0.2) is 14.4 Å². The molecule has 23 heavy (non-hydrogen) atoms. The standard InChI is InChI=1S/C18H15FN4/c1-12-10-17(20-11-13-6-8-14(19)9-7-13)23-16-5-3-2-4-15(16)22-18(23)21-12/h2-10,20H,11H2,1H3. The lowest BCUT2D eigenvalue weighted by atomic mass is 10.2. The summed E-state index contributed by atoms with van der Waals surface area (Å²) >= 11 is 0. The van der Waals surface area contributed by atoms with Crippen LogP contribution in [0.5, 0.6) is 0 Å². The molecular weight excluding hydrogens is 291 g/mol. The molecule has 0 aliphatic heterocycles. The molecule has 5 heteroatoms. The van der Waals surface area contributed by atoms with Crippen LogP contribution in [0, 0.1) is 12.7 Å².